The predicted molar refractivity (Wildman–Crippen MR) is 57.4 cm³/mol. The van der Waals surface area contributed by atoms with Gasteiger partial charge in [-0.05, 0) is 18.2 Å². The minimum atomic E-state index is -0.853. The van der Waals surface area contributed by atoms with Gasteiger partial charge in [-0.25, -0.2) is 4.98 Å². The average Bonchev–Trinajstić information content (AvgIpc) is 2.64. The fraction of sp³-hybridized carbons (Fsp3) is 0.200. The monoisotopic (exact) mass is 223 g/mol. The molecule has 1 aromatic carbocycles. The molecule has 2 rings (SSSR count). The van der Waals surface area contributed by atoms with Gasteiger partial charge in [0.05, 0.1) is 28.8 Å². The summed E-state index contributed by atoms with van der Waals surface area (Å²) in [6.45, 7) is 0.194. The summed E-state index contributed by atoms with van der Waals surface area (Å²) in [7, 11) is 0. The second-order valence-corrected chi connectivity index (χ2v) is 3.86. The summed E-state index contributed by atoms with van der Waals surface area (Å²) in [4.78, 5) is 14.4. The molecule has 5 heteroatoms. The number of carbonyl (C=O) groups is 1. The van der Waals surface area contributed by atoms with Crippen molar-refractivity contribution in [2.75, 3.05) is 6.61 Å². The standard InChI is InChI=1S/C10H9NO3S/c12-10(13)3-4-14-7-1-2-8-9(5-7)15-6-11-8/h1-2,5-6H,3-4H2,(H,12,13). The summed E-state index contributed by atoms with van der Waals surface area (Å²) in [6.07, 6.45) is 0.0146. The average molecular weight is 223 g/mol. The molecule has 0 aliphatic rings. The maximum absolute atomic E-state index is 10.3. The van der Waals surface area contributed by atoms with Crippen LogP contribution in [0, 0.1) is 0 Å². The van der Waals surface area contributed by atoms with E-state index >= 15 is 0 Å². The van der Waals surface area contributed by atoms with Crippen LogP contribution < -0.4 is 4.74 Å². The Kier molecular flexibility index (Phi) is 2.82. The molecule has 1 N–H and O–H groups in total. The van der Waals surface area contributed by atoms with Gasteiger partial charge in [0, 0.05) is 0 Å². The second-order valence-electron chi connectivity index (χ2n) is 2.97. The van der Waals surface area contributed by atoms with Crippen molar-refractivity contribution in [1.29, 1.82) is 0 Å². The molecule has 0 bridgehead atoms. The Morgan fingerprint density at radius 1 is 1.53 bits per heavy atom. The van der Waals surface area contributed by atoms with Crippen LogP contribution in [0.15, 0.2) is 23.7 Å². The van der Waals surface area contributed by atoms with E-state index in [-0.39, 0.29) is 13.0 Å². The summed E-state index contributed by atoms with van der Waals surface area (Å²) < 4.78 is 6.34. The number of nitrogens with zero attached hydrogens (tertiary/aromatic N) is 1. The predicted octanol–water partition coefficient (Wildman–Crippen LogP) is 2.15. The molecule has 1 aromatic heterocycles. The van der Waals surface area contributed by atoms with Crippen LogP contribution in [0.25, 0.3) is 10.2 Å². The molecule has 0 atom stereocenters. The van der Waals surface area contributed by atoms with Crippen molar-refractivity contribution >= 4 is 27.5 Å². The lowest BCUT2D eigenvalue weighted by Gasteiger charge is -2.03. The fourth-order valence-corrected chi connectivity index (χ4v) is 1.89. The first-order valence-electron chi connectivity index (χ1n) is 4.43. The molecule has 0 unspecified atom stereocenters. The zero-order valence-corrected chi connectivity index (χ0v) is 8.66. The van der Waals surface area contributed by atoms with Gasteiger partial charge in [-0.2, -0.15) is 0 Å². The lowest BCUT2D eigenvalue weighted by atomic mass is 10.3. The molecule has 0 saturated heterocycles. The molecule has 15 heavy (non-hydrogen) atoms. The van der Waals surface area contributed by atoms with Crippen molar-refractivity contribution in [2.45, 2.75) is 6.42 Å². The number of carboxylic acids is 1. The van der Waals surface area contributed by atoms with E-state index in [1.165, 1.54) is 11.3 Å². The highest BCUT2D eigenvalue weighted by Crippen LogP contribution is 2.23. The van der Waals surface area contributed by atoms with Crippen molar-refractivity contribution in [3.05, 3.63) is 23.7 Å². The van der Waals surface area contributed by atoms with Gasteiger partial charge in [0.25, 0.3) is 0 Å². The molecule has 4 nitrogen and oxygen atoms in total. The fourth-order valence-electron chi connectivity index (χ4n) is 1.18. The van der Waals surface area contributed by atoms with Crippen LogP contribution in [0.2, 0.25) is 0 Å². The van der Waals surface area contributed by atoms with Gasteiger partial charge in [-0.3, -0.25) is 4.79 Å². The Hall–Kier alpha value is -1.62. The first kappa shape index (κ1) is 9.92. The molecular formula is C10H9NO3S. The van der Waals surface area contributed by atoms with E-state index in [1.54, 1.807) is 11.6 Å². The third-order valence-electron chi connectivity index (χ3n) is 1.89. The van der Waals surface area contributed by atoms with Gasteiger partial charge in [0.1, 0.15) is 5.75 Å². The van der Waals surface area contributed by atoms with E-state index in [0.29, 0.717) is 5.75 Å². The first-order valence-corrected chi connectivity index (χ1v) is 5.31. The molecule has 78 valence electrons. The molecule has 0 saturated carbocycles. The molecular weight excluding hydrogens is 214 g/mol. The van der Waals surface area contributed by atoms with Crippen LogP contribution in [0.5, 0.6) is 5.75 Å². The Balaban J connectivity index is 2.04. The summed E-state index contributed by atoms with van der Waals surface area (Å²) in [6, 6.07) is 5.53. The van der Waals surface area contributed by atoms with E-state index in [4.69, 9.17) is 9.84 Å². The summed E-state index contributed by atoms with van der Waals surface area (Å²) in [5.41, 5.74) is 2.71. The summed E-state index contributed by atoms with van der Waals surface area (Å²) in [5.74, 6) is -0.165. The number of rotatable bonds is 4. The van der Waals surface area contributed by atoms with Crippen molar-refractivity contribution in [2.24, 2.45) is 0 Å². The van der Waals surface area contributed by atoms with Crippen molar-refractivity contribution in [3.8, 4) is 5.75 Å². The highest BCUT2D eigenvalue weighted by atomic mass is 32.1. The number of hydrogen-bond acceptors (Lipinski definition) is 4. The third kappa shape index (κ3) is 2.44. The quantitative estimate of drug-likeness (QED) is 0.862. The highest BCUT2D eigenvalue weighted by molar-refractivity contribution is 7.16. The Morgan fingerprint density at radius 3 is 3.20 bits per heavy atom. The highest BCUT2D eigenvalue weighted by Gasteiger charge is 2.01. The third-order valence-corrected chi connectivity index (χ3v) is 2.68. The number of thiazole rings is 1. The van der Waals surface area contributed by atoms with Gasteiger partial charge in [0.15, 0.2) is 0 Å². The van der Waals surface area contributed by atoms with Gasteiger partial charge in [0.2, 0.25) is 0 Å². The van der Waals surface area contributed by atoms with Crippen LogP contribution in [-0.2, 0) is 4.79 Å². The molecule has 2 aromatic rings. The molecule has 1 heterocycles. The number of hydrogen-bond donors (Lipinski definition) is 1. The number of aliphatic carboxylic acids is 1. The molecule has 0 fully saturated rings. The molecule has 0 amide bonds. The lowest BCUT2D eigenvalue weighted by Crippen LogP contribution is -2.04. The molecule has 0 aliphatic heterocycles. The van der Waals surface area contributed by atoms with Gasteiger partial charge in [-0.1, -0.05) is 0 Å². The Bertz CT molecular complexity index is 480. The maximum atomic E-state index is 10.3. The second kappa shape index (κ2) is 4.27. The SMILES string of the molecule is O=C(O)CCOc1ccc2ncsc2c1. The van der Waals surface area contributed by atoms with Crippen molar-refractivity contribution in [1.82, 2.24) is 4.98 Å². The Morgan fingerprint density at radius 2 is 2.40 bits per heavy atom. The molecule has 0 aliphatic carbocycles. The smallest absolute Gasteiger partial charge is 0.306 e. The molecule has 0 radical (unpaired) electrons. The number of fused-ring (bicyclic) bond motifs is 1. The molecule has 0 spiro atoms. The maximum Gasteiger partial charge on any atom is 0.306 e. The summed E-state index contributed by atoms with van der Waals surface area (Å²) in [5, 5.41) is 8.44. The topological polar surface area (TPSA) is 59.4 Å². The van der Waals surface area contributed by atoms with E-state index in [0.717, 1.165) is 10.2 Å². The first-order chi connectivity index (χ1) is 7.25. The van der Waals surface area contributed by atoms with Crippen molar-refractivity contribution < 1.29 is 14.6 Å². The number of aromatic nitrogens is 1. The zero-order chi connectivity index (χ0) is 10.7. The van der Waals surface area contributed by atoms with Gasteiger partial charge < -0.3 is 9.84 Å². The van der Waals surface area contributed by atoms with Gasteiger partial charge in [-0.15, -0.1) is 11.3 Å². The Labute approximate surface area is 90.1 Å². The van der Waals surface area contributed by atoms with Crippen LogP contribution in [0.3, 0.4) is 0 Å². The van der Waals surface area contributed by atoms with Crippen LogP contribution in [-0.4, -0.2) is 22.7 Å². The van der Waals surface area contributed by atoms with Crippen LogP contribution >= 0.6 is 11.3 Å². The number of benzene rings is 1. The zero-order valence-electron chi connectivity index (χ0n) is 7.84. The summed E-state index contributed by atoms with van der Waals surface area (Å²) >= 11 is 1.53. The van der Waals surface area contributed by atoms with E-state index < -0.39 is 5.97 Å². The minimum absolute atomic E-state index is 0.0146. The van der Waals surface area contributed by atoms with Gasteiger partial charge >= 0.3 is 5.97 Å². The largest absolute Gasteiger partial charge is 0.493 e. The van der Waals surface area contributed by atoms with E-state index in [2.05, 4.69) is 4.98 Å². The number of carboxylic acid groups (broad SMARTS) is 1. The van der Waals surface area contributed by atoms with Crippen molar-refractivity contribution in [3.63, 3.8) is 0 Å². The van der Waals surface area contributed by atoms with Crippen LogP contribution in [0.1, 0.15) is 6.42 Å². The van der Waals surface area contributed by atoms with E-state index in [1.807, 2.05) is 12.1 Å². The number of ether oxygens (including phenoxy) is 1. The lowest BCUT2D eigenvalue weighted by molar-refractivity contribution is -0.137. The normalized spacial score (nSPS) is 10.4. The van der Waals surface area contributed by atoms with E-state index in [9.17, 15) is 4.79 Å². The van der Waals surface area contributed by atoms with Crippen LogP contribution in [0.4, 0.5) is 0 Å². The minimum Gasteiger partial charge on any atom is -0.493 e.